The van der Waals surface area contributed by atoms with Crippen LogP contribution in [0.5, 0.6) is 11.5 Å². The molecule has 0 spiro atoms. The van der Waals surface area contributed by atoms with Crippen LogP contribution in [0, 0.1) is 0 Å². The summed E-state index contributed by atoms with van der Waals surface area (Å²) in [5.41, 5.74) is 1.45. The van der Waals surface area contributed by atoms with Crippen LogP contribution in [0.15, 0.2) is 47.9 Å². The van der Waals surface area contributed by atoms with Gasteiger partial charge >= 0.3 is 12.0 Å². The summed E-state index contributed by atoms with van der Waals surface area (Å²) in [5, 5.41) is 5.69. The molecule has 11 nitrogen and oxygen atoms in total. The van der Waals surface area contributed by atoms with Gasteiger partial charge in [0.1, 0.15) is 0 Å². The molecule has 0 unspecified atom stereocenters. The zero-order valence-electron chi connectivity index (χ0n) is 20.1. The molecule has 35 heavy (non-hydrogen) atoms. The van der Waals surface area contributed by atoms with Crippen LogP contribution in [-0.2, 0) is 9.53 Å². The van der Waals surface area contributed by atoms with Crippen molar-refractivity contribution in [3.8, 4) is 11.5 Å². The molecule has 1 aromatic heterocycles. The van der Waals surface area contributed by atoms with Crippen LogP contribution in [0.4, 0.5) is 10.7 Å². The van der Waals surface area contributed by atoms with Crippen molar-refractivity contribution in [1.82, 2.24) is 25.5 Å². The number of carbonyl (C=O) groups is 2. The number of piperazine rings is 1. The molecule has 0 bridgehead atoms. The molecule has 0 aliphatic carbocycles. The van der Waals surface area contributed by atoms with Crippen molar-refractivity contribution in [3.05, 3.63) is 53.5 Å². The molecule has 1 saturated heterocycles. The third kappa shape index (κ3) is 5.29. The van der Waals surface area contributed by atoms with Crippen molar-refractivity contribution >= 4 is 17.9 Å². The Balaban J connectivity index is 1.63. The number of rotatable bonds is 8. The second-order valence-corrected chi connectivity index (χ2v) is 8.04. The van der Waals surface area contributed by atoms with E-state index < -0.39 is 18.0 Å². The number of amides is 2. The van der Waals surface area contributed by atoms with Crippen LogP contribution >= 0.6 is 0 Å². The zero-order chi connectivity index (χ0) is 24.8. The van der Waals surface area contributed by atoms with E-state index in [1.807, 2.05) is 0 Å². The Morgan fingerprint density at radius 1 is 1.09 bits per heavy atom. The van der Waals surface area contributed by atoms with Crippen LogP contribution in [0.3, 0.4) is 0 Å². The highest BCUT2D eigenvalue weighted by molar-refractivity contribution is 5.95. The Hall–Kier alpha value is -3.86. The number of methoxy groups -OCH3 is 2. The first-order valence-corrected chi connectivity index (χ1v) is 11.5. The molecule has 0 radical (unpaired) electrons. The molecule has 1 atom stereocenters. The summed E-state index contributed by atoms with van der Waals surface area (Å²) < 4.78 is 16.4. The van der Waals surface area contributed by atoms with Gasteiger partial charge in [-0.2, -0.15) is 0 Å². The van der Waals surface area contributed by atoms with Gasteiger partial charge in [-0.25, -0.2) is 19.6 Å². The molecule has 1 aromatic carbocycles. The summed E-state index contributed by atoms with van der Waals surface area (Å²) in [6.07, 6.45) is 3.45. The van der Waals surface area contributed by atoms with E-state index in [-0.39, 0.29) is 6.61 Å². The van der Waals surface area contributed by atoms with E-state index in [1.54, 1.807) is 43.6 Å². The minimum absolute atomic E-state index is 0.210. The lowest BCUT2D eigenvalue weighted by atomic mass is 9.93. The van der Waals surface area contributed by atoms with Gasteiger partial charge in [0.2, 0.25) is 5.95 Å². The molecule has 2 N–H and O–H groups in total. The number of anilines is 1. The quantitative estimate of drug-likeness (QED) is 0.540. The Morgan fingerprint density at radius 2 is 1.83 bits per heavy atom. The van der Waals surface area contributed by atoms with Crippen molar-refractivity contribution in [2.45, 2.75) is 13.0 Å². The SMILES string of the molecule is CCOC(=O)C1=C(CN2CCN(c3ncccn3)CC2)NC(=O)N[C@@H]1c1cccc(OC)c1OC. The lowest BCUT2D eigenvalue weighted by molar-refractivity contribution is -0.139. The maximum absolute atomic E-state index is 13.1. The number of nitrogens with one attached hydrogen (secondary N) is 2. The minimum Gasteiger partial charge on any atom is -0.493 e. The van der Waals surface area contributed by atoms with Crippen molar-refractivity contribution in [2.75, 3.05) is 58.5 Å². The van der Waals surface area contributed by atoms with E-state index in [0.717, 1.165) is 13.1 Å². The largest absolute Gasteiger partial charge is 0.493 e. The van der Waals surface area contributed by atoms with E-state index in [9.17, 15) is 9.59 Å². The summed E-state index contributed by atoms with van der Waals surface area (Å²) in [6.45, 7) is 5.23. The van der Waals surface area contributed by atoms with Crippen LogP contribution in [0.1, 0.15) is 18.5 Å². The van der Waals surface area contributed by atoms with E-state index >= 15 is 0 Å². The highest BCUT2D eigenvalue weighted by Gasteiger charge is 2.36. The highest BCUT2D eigenvalue weighted by atomic mass is 16.5. The lowest BCUT2D eigenvalue weighted by Crippen LogP contribution is -2.52. The summed E-state index contributed by atoms with van der Waals surface area (Å²) in [4.78, 5) is 38.8. The van der Waals surface area contributed by atoms with E-state index in [1.165, 1.54) is 14.2 Å². The molecule has 3 heterocycles. The molecule has 11 heteroatoms. The number of para-hydroxylation sites is 1. The summed E-state index contributed by atoms with van der Waals surface area (Å²) in [5.74, 6) is 1.14. The summed E-state index contributed by atoms with van der Waals surface area (Å²) >= 11 is 0. The van der Waals surface area contributed by atoms with Crippen LogP contribution < -0.4 is 25.0 Å². The predicted octanol–water partition coefficient (Wildman–Crippen LogP) is 1.49. The van der Waals surface area contributed by atoms with Crippen LogP contribution in [-0.4, -0.2) is 80.4 Å². The third-order valence-corrected chi connectivity index (χ3v) is 5.98. The molecule has 2 aromatic rings. The molecule has 0 saturated carbocycles. The standard InChI is InChI=1S/C24H30N6O5/c1-4-35-22(31)19-17(15-29-11-13-30(14-12-29)23-25-9-6-10-26-23)27-24(32)28-20(19)16-7-5-8-18(33-2)21(16)34-3/h5-10,20H,4,11-15H2,1-3H3,(H2,27,28,32)/t20-/m1/s1. The van der Waals surface area contributed by atoms with Crippen molar-refractivity contribution in [1.29, 1.82) is 0 Å². The Kier molecular flexibility index (Phi) is 7.66. The van der Waals surface area contributed by atoms with Gasteiger partial charge in [0.25, 0.3) is 0 Å². The smallest absolute Gasteiger partial charge is 0.338 e. The minimum atomic E-state index is -0.762. The van der Waals surface area contributed by atoms with Gasteiger partial charge in [-0.1, -0.05) is 12.1 Å². The zero-order valence-corrected chi connectivity index (χ0v) is 20.1. The molecule has 1 fully saturated rings. The number of ether oxygens (including phenoxy) is 3. The van der Waals surface area contributed by atoms with E-state index in [2.05, 4.69) is 30.4 Å². The fourth-order valence-electron chi connectivity index (χ4n) is 4.35. The number of benzene rings is 1. The Bertz CT molecular complexity index is 1090. The number of hydrogen-bond acceptors (Lipinski definition) is 9. The molecule has 186 valence electrons. The fraction of sp³-hybridized carbons (Fsp3) is 0.417. The summed E-state index contributed by atoms with van der Waals surface area (Å²) in [6, 6.07) is 5.97. The monoisotopic (exact) mass is 482 g/mol. The van der Waals surface area contributed by atoms with E-state index in [4.69, 9.17) is 14.2 Å². The van der Waals surface area contributed by atoms with Gasteiger partial charge < -0.3 is 29.7 Å². The average molecular weight is 483 g/mol. The highest BCUT2D eigenvalue weighted by Crippen LogP contribution is 2.39. The number of nitrogens with zero attached hydrogens (tertiary/aromatic N) is 4. The first-order chi connectivity index (χ1) is 17.0. The summed E-state index contributed by atoms with van der Waals surface area (Å²) in [7, 11) is 3.06. The topological polar surface area (TPSA) is 118 Å². The molecule has 2 aliphatic rings. The number of esters is 1. The van der Waals surface area contributed by atoms with Crippen molar-refractivity contribution in [3.63, 3.8) is 0 Å². The van der Waals surface area contributed by atoms with Gasteiger partial charge in [-0.3, -0.25) is 4.90 Å². The number of carbonyl (C=O) groups excluding carboxylic acids is 2. The Labute approximate surface area is 204 Å². The maximum atomic E-state index is 13.1. The first-order valence-electron chi connectivity index (χ1n) is 11.5. The van der Waals surface area contributed by atoms with Crippen LogP contribution in [0.2, 0.25) is 0 Å². The fourth-order valence-corrected chi connectivity index (χ4v) is 4.35. The normalized spacial score (nSPS) is 18.5. The van der Waals surface area contributed by atoms with Crippen molar-refractivity contribution in [2.24, 2.45) is 0 Å². The third-order valence-electron chi connectivity index (χ3n) is 5.98. The van der Waals surface area contributed by atoms with Gasteiger partial charge in [0.05, 0.1) is 32.4 Å². The van der Waals surface area contributed by atoms with Crippen LogP contribution in [0.25, 0.3) is 0 Å². The average Bonchev–Trinajstić information content (AvgIpc) is 2.88. The van der Waals surface area contributed by atoms with Gasteiger partial charge in [-0.05, 0) is 19.1 Å². The van der Waals surface area contributed by atoms with Crippen molar-refractivity contribution < 1.29 is 23.8 Å². The number of aromatic nitrogens is 2. The molecular weight excluding hydrogens is 452 g/mol. The molecule has 2 aliphatic heterocycles. The molecule has 2 amide bonds. The van der Waals surface area contributed by atoms with Gasteiger partial charge in [0.15, 0.2) is 11.5 Å². The molecule has 4 rings (SSSR count). The Morgan fingerprint density at radius 3 is 2.49 bits per heavy atom. The second-order valence-electron chi connectivity index (χ2n) is 8.04. The maximum Gasteiger partial charge on any atom is 0.338 e. The van der Waals surface area contributed by atoms with Gasteiger partial charge in [0, 0.05) is 56.4 Å². The van der Waals surface area contributed by atoms with Gasteiger partial charge in [-0.15, -0.1) is 0 Å². The lowest BCUT2D eigenvalue weighted by Gasteiger charge is -2.37. The number of hydrogen-bond donors (Lipinski definition) is 2. The second kappa shape index (κ2) is 11.0. The number of urea groups is 1. The van der Waals surface area contributed by atoms with E-state index in [0.29, 0.717) is 53.9 Å². The predicted molar refractivity (Wildman–Crippen MR) is 128 cm³/mol. The first kappa shape index (κ1) is 24.3. The molecular formula is C24H30N6O5.